The smallest absolute Gasteiger partial charge is 0.462 e. The number of carbonyl (C=O) groups excluding carboxylic acids is 2. The summed E-state index contributed by atoms with van der Waals surface area (Å²) < 4.78 is 32.6. The summed E-state index contributed by atoms with van der Waals surface area (Å²) in [7, 11) is -4.36. The molecule has 0 fully saturated rings. The van der Waals surface area contributed by atoms with Crippen LogP contribution < -0.4 is 5.73 Å². The molecule has 0 radical (unpaired) electrons. The van der Waals surface area contributed by atoms with Gasteiger partial charge in [-0.1, -0.05) is 142 Å². The van der Waals surface area contributed by atoms with Crippen LogP contribution in [0.2, 0.25) is 0 Å². The summed E-state index contributed by atoms with van der Waals surface area (Å²) in [6, 6.07) is 0. The van der Waals surface area contributed by atoms with E-state index in [1.165, 1.54) is 96.3 Å². The maximum absolute atomic E-state index is 12.5. The van der Waals surface area contributed by atoms with Gasteiger partial charge in [-0.2, -0.15) is 0 Å². The fourth-order valence-corrected chi connectivity index (χ4v) is 6.04. The minimum atomic E-state index is -4.36. The maximum atomic E-state index is 12.5. The van der Waals surface area contributed by atoms with Crippen LogP contribution in [0, 0.1) is 0 Å². The first kappa shape index (κ1) is 45.8. The second kappa shape index (κ2) is 34.6. The molecule has 0 aromatic heterocycles. The molecule has 278 valence electrons. The average molecular weight is 690 g/mol. The zero-order valence-corrected chi connectivity index (χ0v) is 31.2. The van der Waals surface area contributed by atoms with Gasteiger partial charge in [0.05, 0.1) is 13.2 Å². The van der Waals surface area contributed by atoms with E-state index in [1.54, 1.807) is 0 Å². The number of allylic oxidation sites excluding steroid dienone is 2. The molecular formula is C37H72NO8P. The van der Waals surface area contributed by atoms with Crippen molar-refractivity contribution < 1.29 is 37.6 Å². The molecule has 0 amide bonds. The van der Waals surface area contributed by atoms with Gasteiger partial charge in [0.2, 0.25) is 0 Å². The van der Waals surface area contributed by atoms with Gasteiger partial charge in [0.25, 0.3) is 0 Å². The highest BCUT2D eigenvalue weighted by atomic mass is 31.2. The van der Waals surface area contributed by atoms with Crippen molar-refractivity contribution in [2.75, 3.05) is 26.4 Å². The molecule has 10 heteroatoms. The van der Waals surface area contributed by atoms with E-state index in [2.05, 4.69) is 26.0 Å². The van der Waals surface area contributed by atoms with Gasteiger partial charge in [-0.25, -0.2) is 4.57 Å². The first-order valence-electron chi connectivity index (χ1n) is 19.2. The standard InChI is InChI=1S/C37H72NO8P/c1-3-5-7-9-11-13-15-17-19-21-23-25-27-29-36(39)43-33-35(34-45-47(41,42)44-32-31-38)46-37(40)30-28-26-24-22-20-18-16-14-12-10-8-6-4-2/h13,15,35H,3-12,14,16-34,38H2,1-2H3,(H,41,42)/b15-13-. The van der Waals surface area contributed by atoms with Crippen LogP contribution in [0.3, 0.4) is 0 Å². The van der Waals surface area contributed by atoms with Crippen LogP contribution in [-0.4, -0.2) is 49.3 Å². The monoisotopic (exact) mass is 689 g/mol. The van der Waals surface area contributed by atoms with Crippen molar-refractivity contribution in [3.05, 3.63) is 12.2 Å². The van der Waals surface area contributed by atoms with Crippen molar-refractivity contribution in [3.63, 3.8) is 0 Å². The van der Waals surface area contributed by atoms with Gasteiger partial charge in [0, 0.05) is 19.4 Å². The molecule has 0 heterocycles. The fraction of sp³-hybridized carbons (Fsp3) is 0.892. The number of unbranched alkanes of at least 4 members (excludes halogenated alkanes) is 21. The van der Waals surface area contributed by atoms with E-state index in [4.69, 9.17) is 24.3 Å². The molecule has 0 aliphatic heterocycles. The number of hydrogen-bond donors (Lipinski definition) is 2. The third-order valence-corrected chi connectivity index (χ3v) is 9.14. The van der Waals surface area contributed by atoms with E-state index in [0.717, 1.165) is 51.4 Å². The van der Waals surface area contributed by atoms with Crippen molar-refractivity contribution in [2.45, 2.75) is 187 Å². The lowest BCUT2D eigenvalue weighted by atomic mass is 10.0. The Balaban J connectivity index is 4.22. The molecule has 0 rings (SSSR count). The quantitative estimate of drug-likeness (QED) is 0.0285. The third kappa shape index (κ3) is 34.4. The number of carbonyl (C=O) groups is 2. The molecule has 2 unspecified atom stereocenters. The van der Waals surface area contributed by atoms with Crippen molar-refractivity contribution in [3.8, 4) is 0 Å². The van der Waals surface area contributed by atoms with E-state index in [9.17, 15) is 19.0 Å². The molecule has 47 heavy (non-hydrogen) atoms. The zero-order chi connectivity index (χ0) is 34.7. The van der Waals surface area contributed by atoms with Crippen LogP contribution in [0.4, 0.5) is 0 Å². The van der Waals surface area contributed by atoms with E-state index in [1.807, 2.05) is 0 Å². The van der Waals surface area contributed by atoms with Gasteiger partial charge in [0.1, 0.15) is 6.61 Å². The molecule has 0 aromatic rings. The molecule has 3 N–H and O–H groups in total. The molecule has 2 atom stereocenters. The first-order chi connectivity index (χ1) is 22.8. The van der Waals surface area contributed by atoms with Gasteiger partial charge in [0.15, 0.2) is 6.10 Å². The normalized spacial score (nSPS) is 13.5. The number of rotatable bonds is 36. The van der Waals surface area contributed by atoms with Crippen LogP contribution >= 0.6 is 7.82 Å². The Labute approximate surface area is 288 Å². The molecule has 0 aliphatic rings. The number of hydrogen-bond acceptors (Lipinski definition) is 8. The minimum absolute atomic E-state index is 0.0549. The molecule has 0 saturated carbocycles. The van der Waals surface area contributed by atoms with E-state index < -0.39 is 26.5 Å². The van der Waals surface area contributed by atoms with Crippen LogP contribution in [0.5, 0.6) is 0 Å². The zero-order valence-electron chi connectivity index (χ0n) is 30.3. The summed E-state index contributed by atoms with van der Waals surface area (Å²) >= 11 is 0. The van der Waals surface area contributed by atoms with Gasteiger partial charge in [-0.3, -0.25) is 18.6 Å². The topological polar surface area (TPSA) is 134 Å². The highest BCUT2D eigenvalue weighted by Gasteiger charge is 2.25. The highest BCUT2D eigenvalue weighted by Crippen LogP contribution is 2.43. The number of ether oxygens (including phenoxy) is 2. The van der Waals surface area contributed by atoms with Crippen LogP contribution in [0.15, 0.2) is 12.2 Å². The Bertz CT molecular complexity index is 794. The van der Waals surface area contributed by atoms with Gasteiger partial charge in [-0.05, 0) is 38.5 Å². The summed E-state index contributed by atoms with van der Waals surface area (Å²) in [5.41, 5.74) is 5.33. The molecule has 0 aromatic carbocycles. The van der Waals surface area contributed by atoms with Crippen LogP contribution in [0.25, 0.3) is 0 Å². The molecule has 9 nitrogen and oxygen atoms in total. The Morgan fingerprint density at radius 2 is 1.04 bits per heavy atom. The number of phosphoric ester groups is 1. The SMILES string of the molecule is CCCCCC/C=C\CCCCCCCC(=O)OCC(COP(=O)(O)OCCN)OC(=O)CCCCCCCCCCCCCCC. The van der Waals surface area contributed by atoms with Crippen LogP contribution in [0.1, 0.15) is 181 Å². The summed E-state index contributed by atoms with van der Waals surface area (Å²) in [5, 5.41) is 0. The Morgan fingerprint density at radius 3 is 1.53 bits per heavy atom. The van der Waals surface area contributed by atoms with Crippen molar-refractivity contribution >= 4 is 19.8 Å². The van der Waals surface area contributed by atoms with Gasteiger partial charge < -0.3 is 20.1 Å². The summed E-state index contributed by atoms with van der Waals surface area (Å²) in [5.74, 6) is -0.834. The Morgan fingerprint density at radius 1 is 0.617 bits per heavy atom. The van der Waals surface area contributed by atoms with E-state index >= 15 is 0 Å². The van der Waals surface area contributed by atoms with Crippen molar-refractivity contribution in [1.29, 1.82) is 0 Å². The lowest BCUT2D eigenvalue weighted by Crippen LogP contribution is -2.29. The summed E-state index contributed by atoms with van der Waals surface area (Å²) in [4.78, 5) is 34.7. The lowest BCUT2D eigenvalue weighted by molar-refractivity contribution is -0.161. The van der Waals surface area contributed by atoms with Crippen molar-refractivity contribution in [1.82, 2.24) is 0 Å². The predicted octanol–water partition coefficient (Wildman–Crippen LogP) is 10.3. The number of esters is 2. The molecule has 0 spiro atoms. The van der Waals surface area contributed by atoms with Gasteiger partial charge >= 0.3 is 19.8 Å². The van der Waals surface area contributed by atoms with Crippen molar-refractivity contribution in [2.24, 2.45) is 5.73 Å². The molecule has 0 bridgehead atoms. The Hall–Kier alpha value is -1.25. The number of phosphoric acid groups is 1. The van der Waals surface area contributed by atoms with E-state index in [-0.39, 0.29) is 38.6 Å². The minimum Gasteiger partial charge on any atom is -0.462 e. The summed E-state index contributed by atoms with van der Waals surface area (Å²) in [6.07, 6.45) is 32.3. The predicted molar refractivity (Wildman–Crippen MR) is 192 cm³/mol. The van der Waals surface area contributed by atoms with E-state index in [0.29, 0.717) is 6.42 Å². The molecule has 0 aliphatic carbocycles. The molecule has 0 saturated heterocycles. The second-order valence-electron chi connectivity index (χ2n) is 12.8. The van der Waals surface area contributed by atoms with Gasteiger partial charge in [-0.15, -0.1) is 0 Å². The van der Waals surface area contributed by atoms with Crippen LogP contribution in [-0.2, 0) is 32.7 Å². The lowest BCUT2D eigenvalue weighted by Gasteiger charge is -2.19. The highest BCUT2D eigenvalue weighted by molar-refractivity contribution is 7.47. The average Bonchev–Trinajstić information content (AvgIpc) is 3.05. The molecular weight excluding hydrogens is 617 g/mol. The summed E-state index contributed by atoms with van der Waals surface area (Å²) in [6.45, 7) is 3.71. The fourth-order valence-electron chi connectivity index (χ4n) is 5.28. The third-order valence-electron chi connectivity index (χ3n) is 8.15. The first-order valence-corrected chi connectivity index (χ1v) is 20.7. The largest absolute Gasteiger partial charge is 0.472 e. The second-order valence-corrected chi connectivity index (χ2v) is 14.3. The number of nitrogens with two attached hydrogens (primary N) is 1. The maximum Gasteiger partial charge on any atom is 0.472 e. The Kier molecular flexibility index (Phi) is 33.7.